The summed E-state index contributed by atoms with van der Waals surface area (Å²) in [5.74, 6) is -0.667. The van der Waals surface area contributed by atoms with Gasteiger partial charge in [-0.1, -0.05) is 6.92 Å². The normalized spacial score (nSPS) is 11.9. The first kappa shape index (κ1) is 13.9. The zero-order valence-corrected chi connectivity index (χ0v) is 9.34. The molecule has 2 N–H and O–H groups in total. The van der Waals surface area contributed by atoms with E-state index in [1.807, 2.05) is 6.92 Å². The second-order valence-electron chi connectivity index (χ2n) is 3.19. The van der Waals surface area contributed by atoms with E-state index in [4.69, 9.17) is 10.5 Å². The molecule has 0 heterocycles. The van der Waals surface area contributed by atoms with Gasteiger partial charge in [0.2, 0.25) is 5.91 Å². The first-order valence-electron chi connectivity index (χ1n) is 5.26. The molecule has 1 unspecified atom stereocenters. The van der Waals surface area contributed by atoms with Crippen LogP contribution >= 0.6 is 0 Å². The largest absolute Gasteiger partial charge is 0.466 e. The lowest BCUT2D eigenvalue weighted by Gasteiger charge is -2.10. The highest BCUT2D eigenvalue weighted by atomic mass is 16.5. The molecule has 5 heteroatoms. The smallest absolute Gasteiger partial charge is 0.305 e. The third-order valence-corrected chi connectivity index (χ3v) is 1.81. The highest BCUT2D eigenvalue weighted by molar-refractivity contribution is 5.82. The average Bonchev–Trinajstić information content (AvgIpc) is 2.22. The third kappa shape index (κ3) is 6.90. The molecule has 1 radical (unpaired) electrons. The van der Waals surface area contributed by atoms with E-state index in [9.17, 15) is 9.59 Å². The molecule has 87 valence electrons. The van der Waals surface area contributed by atoms with Gasteiger partial charge in [0.25, 0.3) is 0 Å². The van der Waals surface area contributed by atoms with Crippen molar-refractivity contribution in [3.63, 3.8) is 0 Å². The molecule has 0 aliphatic heterocycles. The van der Waals surface area contributed by atoms with Crippen molar-refractivity contribution in [1.29, 1.82) is 0 Å². The summed E-state index contributed by atoms with van der Waals surface area (Å²) in [6.45, 7) is 4.58. The maximum absolute atomic E-state index is 11.2. The van der Waals surface area contributed by atoms with Gasteiger partial charge in [-0.15, -0.1) is 0 Å². The Morgan fingerprint density at radius 1 is 1.40 bits per heavy atom. The minimum atomic E-state index is -0.874. The third-order valence-electron chi connectivity index (χ3n) is 1.81. The van der Waals surface area contributed by atoms with Crippen LogP contribution in [0.5, 0.6) is 0 Å². The van der Waals surface area contributed by atoms with Crippen molar-refractivity contribution >= 4 is 11.9 Å². The molecule has 5 nitrogen and oxygen atoms in total. The predicted octanol–water partition coefficient (Wildman–Crippen LogP) is 0.507. The van der Waals surface area contributed by atoms with Crippen molar-refractivity contribution in [3.05, 3.63) is 0 Å². The molecular weight excluding hydrogens is 196 g/mol. The number of carbonyl (C=O) groups excluding carboxylic acids is 2. The fourth-order valence-electron chi connectivity index (χ4n) is 0.998. The van der Waals surface area contributed by atoms with Gasteiger partial charge in [0.15, 0.2) is 0 Å². The van der Waals surface area contributed by atoms with E-state index in [1.54, 1.807) is 6.92 Å². The molecule has 0 rings (SSSR count). The number of amides is 1. The minimum Gasteiger partial charge on any atom is -0.466 e. The van der Waals surface area contributed by atoms with Crippen LogP contribution in [-0.2, 0) is 14.3 Å². The molecular formula is C10H19N2O3. The Hall–Kier alpha value is -1.10. The van der Waals surface area contributed by atoms with Gasteiger partial charge in [0, 0.05) is 13.0 Å². The lowest BCUT2D eigenvalue weighted by Crippen LogP contribution is -2.36. The molecule has 15 heavy (non-hydrogen) atoms. The van der Waals surface area contributed by atoms with Crippen LogP contribution in [0.1, 0.15) is 33.1 Å². The van der Waals surface area contributed by atoms with Crippen molar-refractivity contribution in [2.45, 2.75) is 39.2 Å². The van der Waals surface area contributed by atoms with Gasteiger partial charge >= 0.3 is 5.97 Å². The number of nitrogens with one attached hydrogen (secondary N) is 2. The molecule has 1 atom stereocenters. The van der Waals surface area contributed by atoms with Crippen molar-refractivity contribution in [2.24, 2.45) is 0 Å². The summed E-state index contributed by atoms with van der Waals surface area (Å²) in [4.78, 5) is 22.2. The first-order valence-corrected chi connectivity index (χ1v) is 5.26. The number of ether oxygens (including phenoxy) is 1. The molecule has 0 spiro atoms. The zero-order valence-electron chi connectivity index (χ0n) is 9.34. The summed E-state index contributed by atoms with van der Waals surface area (Å²) < 4.78 is 4.70. The van der Waals surface area contributed by atoms with E-state index < -0.39 is 6.04 Å². The van der Waals surface area contributed by atoms with E-state index in [1.165, 1.54) is 0 Å². The molecule has 0 saturated heterocycles. The average molecular weight is 215 g/mol. The molecule has 0 aromatic rings. The summed E-state index contributed by atoms with van der Waals surface area (Å²) in [6.07, 6.45) is 1.19. The van der Waals surface area contributed by atoms with Gasteiger partial charge in [0.05, 0.1) is 6.61 Å². The second-order valence-corrected chi connectivity index (χ2v) is 3.19. The van der Waals surface area contributed by atoms with Crippen LogP contribution < -0.4 is 11.1 Å². The summed E-state index contributed by atoms with van der Waals surface area (Å²) in [7, 11) is 0. The fraction of sp³-hybridized carbons (Fsp3) is 0.800. The molecule has 0 aliphatic carbocycles. The van der Waals surface area contributed by atoms with Crippen LogP contribution in [0.3, 0.4) is 0 Å². The van der Waals surface area contributed by atoms with Gasteiger partial charge in [-0.05, 0) is 19.8 Å². The van der Waals surface area contributed by atoms with Gasteiger partial charge in [-0.25, -0.2) is 5.73 Å². The van der Waals surface area contributed by atoms with Crippen LogP contribution in [0, 0.1) is 0 Å². The highest BCUT2D eigenvalue weighted by Gasteiger charge is 2.15. The van der Waals surface area contributed by atoms with Crippen molar-refractivity contribution in [3.8, 4) is 0 Å². The lowest BCUT2D eigenvalue weighted by atomic mass is 10.1. The van der Waals surface area contributed by atoms with E-state index in [0.717, 1.165) is 6.42 Å². The second kappa shape index (κ2) is 8.23. The van der Waals surface area contributed by atoms with Crippen LogP contribution in [0.15, 0.2) is 0 Å². The van der Waals surface area contributed by atoms with E-state index in [-0.39, 0.29) is 24.7 Å². The Balaban J connectivity index is 3.67. The maximum atomic E-state index is 11.2. The number of hydrogen-bond donors (Lipinski definition) is 1. The van der Waals surface area contributed by atoms with Crippen LogP contribution in [0.4, 0.5) is 0 Å². The molecule has 0 fully saturated rings. The van der Waals surface area contributed by atoms with E-state index in [0.29, 0.717) is 13.2 Å². The molecule has 0 aliphatic rings. The van der Waals surface area contributed by atoms with Crippen molar-refractivity contribution in [1.82, 2.24) is 11.1 Å². The van der Waals surface area contributed by atoms with E-state index in [2.05, 4.69) is 5.32 Å². The Kier molecular flexibility index (Phi) is 7.62. The van der Waals surface area contributed by atoms with Crippen LogP contribution in [0.2, 0.25) is 0 Å². The van der Waals surface area contributed by atoms with E-state index >= 15 is 0 Å². The molecule has 0 aromatic heterocycles. The Labute approximate surface area is 90.4 Å². The quantitative estimate of drug-likeness (QED) is 0.628. The number of carbonyl (C=O) groups is 2. The van der Waals surface area contributed by atoms with Crippen LogP contribution in [-0.4, -0.2) is 31.1 Å². The minimum absolute atomic E-state index is 0.127. The predicted molar refractivity (Wildman–Crippen MR) is 56.1 cm³/mol. The summed E-state index contributed by atoms with van der Waals surface area (Å²) in [5, 5.41) is 2.61. The fourth-order valence-corrected chi connectivity index (χ4v) is 0.998. The molecule has 0 saturated carbocycles. The Morgan fingerprint density at radius 2 is 2.07 bits per heavy atom. The highest BCUT2D eigenvalue weighted by Crippen LogP contribution is 1.98. The van der Waals surface area contributed by atoms with Crippen molar-refractivity contribution < 1.29 is 14.3 Å². The number of hydrogen-bond acceptors (Lipinski definition) is 3. The van der Waals surface area contributed by atoms with Gasteiger partial charge < -0.3 is 10.1 Å². The Morgan fingerprint density at radius 3 is 2.60 bits per heavy atom. The van der Waals surface area contributed by atoms with Gasteiger partial charge in [-0.3, -0.25) is 9.59 Å². The summed E-state index contributed by atoms with van der Waals surface area (Å²) in [6, 6.07) is -0.874. The molecule has 0 aromatic carbocycles. The van der Waals surface area contributed by atoms with Crippen LogP contribution in [0.25, 0.3) is 0 Å². The standard InChI is InChI=1S/C10H19N2O3/c1-3-7-12-10(14)8(11)5-6-9(13)15-4-2/h8,11H,3-7H2,1-2H3,(H,12,14). The Bertz CT molecular complexity index is 207. The summed E-state index contributed by atoms with van der Waals surface area (Å²) in [5.41, 5.74) is 7.46. The number of rotatable bonds is 7. The number of esters is 1. The van der Waals surface area contributed by atoms with Gasteiger partial charge in [0.1, 0.15) is 6.04 Å². The molecule has 1 amide bonds. The molecule has 0 bridgehead atoms. The zero-order chi connectivity index (χ0) is 11.7. The lowest BCUT2D eigenvalue weighted by molar-refractivity contribution is -0.143. The van der Waals surface area contributed by atoms with Crippen molar-refractivity contribution in [2.75, 3.05) is 13.2 Å². The maximum Gasteiger partial charge on any atom is 0.305 e. The SMILES string of the molecule is CCCNC(=O)C([NH])CCC(=O)OCC. The van der Waals surface area contributed by atoms with Gasteiger partial charge in [-0.2, -0.15) is 0 Å². The summed E-state index contributed by atoms with van der Waals surface area (Å²) >= 11 is 0. The first-order chi connectivity index (χ1) is 7.11. The topological polar surface area (TPSA) is 79.2 Å². The monoisotopic (exact) mass is 215 g/mol.